The second-order valence-electron chi connectivity index (χ2n) is 5.59. The van der Waals surface area contributed by atoms with E-state index in [2.05, 4.69) is 0 Å². The Labute approximate surface area is 134 Å². The number of methoxy groups -OCH3 is 3. The molecule has 1 saturated carbocycles. The van der Waals surface area contributed by atoms with Gasteiger partial charge in [-0.05, 0) is 30.4 Å². The number of rotatable bonds is 6. The number of hydrogen-bond acceptors (Lipinski definition) is 5. The van der Waals surface area contributed by atoms with Crippen molar-refractivity contribution in [1.82, 2.24) is 0 Å². The quantitative estimate of drug-likeness (QED) is 0.753. The molecule has 2 aromatic rings. The Hall–Kier alpha value is -1.75. The van der Waals surface area contributed by atoms with E-state index in [0.717, 1.165) is 34.4 Å². The van der Waals surface area contributed by atoms with E-state index >= 15 is 0 Å². The zero-order chi connectivity index (χ0) is 15.7. The van der Waals surface area contributed by atoms with Gasteiger partial charge in [-0.3, -0.25) is 0 Å². The summed E-state index contributed by atoms with van der Waals surface area (Å²) >= 11 is 1.47. The molecule has 0 spiro atoms. The minimum absolute atomic E-state index is 0.259. The Kier molecular flexibility index (Phi) is 4.25. The van der Waals surface area contributed by atoms with Gasteiger partial charge in [0.15, 0.2) is 11.5 Å². The van der Waals surface area contributed by atoms with Crippen LogP contribution in [0, 0.1) is 5.92 Å². The molecule has 0 aliphatic heterocycles. The summed E-state index contributed by atoms with van der Waals surface area (Å²) in [5.74, 6) is 1.93. The topological polar surface area (TPSA) is 44.8 Å². The van der Waals surface area contributed by atoms with E-state index in [1.54, 1.807) is 14.2 Å². The zero-order valence-corrected chi connectivity index (χ0v) is 13.9. The highest BCUT2D eigenvalue weighted by molar-refractivity contribution is 7.21. The standard InChI is InChI=1S/C17H20O4S/c1-19-13-8-12-11(7-6-10-4-5-10)16(17(18)21-3)22-15(12)9-14(13)20-2/h8-10H,4-7H2,1-3H3. The van der Waals surface area contributed by atoms with Gasteiger partial charge in [-0.15, -0.1) is 11.3 Å². The van der Waals surface area contributed by atoms with Crippen molar-refractivity contribution < 1.29 is 19.0 Å². The molecular formula is C17H20O4S. The van der Waals surface area contributed by atoms with Crippen LogP contribution in [0.3, 0.4) is 0 Å². The SMILES string of the molecule is COC(=O)c1sc2cc(OC)c(OC)cc2c1CCC1CC1. The minimum Gasteiger partial charge on any atom is -0.493 e. The molecule has 1 aromatic heterocycles. The molecule has 0 unspecified atom stereocenters. The van der Waals surface area contributed by atoms with Crippen molar-refractivity contribution in [2.75, 3.05) is 21.3 Å². The summed E-state index contributed by atoms with van der Waals surface area (Å²) in [7, 11) is 4.67. The van der Waals surface area contributed by atoms with E-state index in [1.165, 1.54) is 31.3 Å². The lowest BCUT2D eigenvalue weighted by Crippen LogP contribution is -2.02. The van der Waals surface area contributed by atoms with Crippen molar-refractivity contribution in [2.45, 2.75) is 25.7 Å². The first-order valence-electron chi connectivity index (χ1n) is 7.43. The first kappa shape index (κ1) is 15.2. The Morgan fingerprint density at radius 2 is 1.86 bits per heavy atom. The molecule has 1 aliphatic rings. The lowest BCUT2D eigenvalue weighted by Gasteiger charge is -2.08. The third-order valence-electron chi connectivity index (χ3n) is 4.17. The molecule has 0 atom stereocenters. The van der Waals surface area contributed by atoms with Gasteiger partial charge in [-0.25, -0.2) is 4.79 Å². The van der Waals surface area contributed by atoms with Crippen LogP contribution in [-0.2, 0) is 11.2 Å². The van der Waals surface area contributed by atoms with Gasteiger partial charge in [-0.2, -0.15) is 0 Å². The van der Waals surface area contributed by atoms with E-state index in [0.29, 0.717) is 16.4 Å². The number of aryl methyl sites for hydroxylation is 1. The van der Waals surface area contributed by atoms with Crippen molar-refractivity contribution in [3.8, 4) is 11.5 Å². The van der Waals surface area contributed by atoms with Gasteiger partial charge in [0.25, 0.3) is 0 Å². The van der Waals surface area contributed by atoms with Crippen LogP contribution in [0.2, 0.25) is 0 Å². The highest BCUT2D eigenvalue weighted by atomic mass is 32.1. The van der Waals surface area contributed by atoms with Crippen LogP contribution in [0.25, 0.3) is 10.1 Å². The Balaban J connectivity index is 2.10. The van der Waals surface area contributed by atoms with Crippen LogP contribution in [0.4, 0.5) is 0 Å². The fraction of sp³-hybridized carbons (Fsp3) is 0.471. The smallest absolute Gasteiger partial charge is 0.348 e. The maximum absolute atomic E-state index is 12.1. The maximum atomic E-state index is 12.1. The normalized spacial score (nSPS) is 14.1. The first-order chi connectivity index (χ1) is 10.7. The molecule has 1 fully saturated rings. The predicted octanol–water partition coefficient (Wildman–Crippen LogP) is 4.05. The third kappa shape index (κ3) is 2.77. The molecule has 0 saturated heterocycles. The number of hydrogen-bond donors (Lipinski definition) is 0. The molecule has 118 valence electrons. The fourth-order valence-corrected chi connectivity index (χ4v) is 3.92. The van der Waals surface area contributed by atoms with Crippen LogP contribution >= 0.6 is 11.3 Å². The number of carbonyl (C=O) groups is 1. The lowest BCUT2D eigenvalue weighted by molar-refractivity contribution is 0.0605. The lowest BCUT2D eigenvalue weighted by atomic mass is 10.0. The van der Waals surface area contributed by atoms with Gasteiger partial charge in [0.2, 0.25) is 0 Å². The van der Waals surface area contributed by atoms with E-state index in [4.69, 9.17) is 14.2 Å². The highest BCUT2D eigenvalue weighted by Gasteiger charge is 2.25. The molecule has 0 radical (unpaired) electrons. The minimum atomic E-state index is -0.259. The number of benzene rings is 1. The van der Waals surface area contributed by atoms with Crippen LogP contribution in [0.1, 0.15) is 34.5 Å². The molecule has 1 aliphatic carbocycles. The van der Waals surface area contributed by atoms with Crippen molar-refractivity contribution >= 4 is 27.4 Å². The van der Waals surface area contributed by atoms with Gasteiger partial charge < -0.3 is 14.2 Å². The second-order valence-corrected chi connectivity index (χ2v) is 6.64. The number of fused-ring (bicyclic) bond motifs is 1. The van der Waals surface area contributed by atoms with E-state index in [-0.39, 0.29) is 5.97 Å². The molecule has 5 heteroatoms. The molecule has 4 nitrogen and oxygen atoms in total. The average molecular weight is 320 g/mol. The maximum Gasteiger partial charge on any atom is 0.348 e. The van der Waals surface area contributed by atoms with Gasteiger partial charge in [0, 0.05) is 16.2 Å². The van der Waals surface area contributed by atoms with Crippen molar-refractivity contribution in [2.24, 2.45) is 5.92 Å². The summed E-state index contributed by atoms with van der Waals surface area (Å²) in [5, 5.41) is 1.07. The number of esters is 1. The number of thiophene rings is 1. The van der Waals surface area contributed by atoms with E-state index in [9.17, 15) is 4.79 Å². The largest absolute Gasteiger partial charge is 0.493 e. The average Bonchev–Trinajstić information content (AvgIpc) is 3.31. The monoisotopic (exact) mass is 320 g/mol. The van der Waals surface area contributed by atoms with Gasteiger partial charge in [0.1, 0.15) is 4.88 Å². The fourth-order valence-electron chi connectivity index (χ4n) is 2.74. The second kappa shape index (κ2) is 6.16. The highest BCUT2D eigenvalue weighted by Crippen LogP contribution is 2.41. The van der Waals surface area contributed by atoms with Gasteiger partial charge in [-0.1, -0.05) is 12.8 Å². The van der Waals surface area contributed by atoms with Crippen molar-refractivity contribution in [3.05, 3.63) is 22.6 Å². The van der Waals surface area contributed by atoms with E-state index < -0.39 is 0 Å². The van der Waals surface area contributed by atoms with Crippen molar-refractivity contribution in [1.29, 1.82) is 0 Å². The molecule has 0 amide bonds. The molecule has 22 heavy (non-hydrogen) atoms. The summed E-state index contributed by atoms with van der Waals surface area (Å²) < 4.78 is 16.7. The van der Waals surface area contributed by atoms with Crippen molar-refractivity contribution in [3.63, 3.8) is 0 Å². The number of carbonyl (C=O) groups excluding carboxylic acids is 1. The molecular weight excluding hydrogens is 300 g/mol. The summed E-state index contributed by atoms with van der Waals surface area (Å²) in [6.45, 7) is 0. The molecule has 1 heterocycles. The molecule has 3 rings (SSSR count). The summed E-state index contributed by atoms with van der Waals surface area (Å²) in [4.78, 5) is 12.8. The van der Waals surface area contributed by atoms with Crippen LogP contribution in [-0.4, -0.2) is 27.3 Å². The molecule has 1 aromatic carbocycles. The molecule has 0 bridgehead atoms. The van der Waals surface area contributed by atoms with Crippen LogP contribution in [0.15, 0.2) is 12.1 Å². The third-order valence-corrected chi connectivity index (χ3v) is 5.34. The molecule has 0 N–H and O–H groups in total. The Bertz CT molecular complexity index is 700. The van der Waals surface area contributed by atoms with E-state index in [1.807, 2.05) is 12.1 Å². The Morgan fingerprint density at radius 3 is 2.45 bits per heavy atom. The summed E-state index contributed by atoms with van der Waals surface area (Å²) in [6, 6.07) is 3.91. The number of ether oxygens (including phenoxy) is 3. The van der Waals surface area contributed by atoms with Gasteiger partial charge in [0.05, 0.1) is 21.3 Å². The van der Waals surface area contributed by atoms with Gasteiger partial charge >= 0.3 is 5.97 Å². The zero-order valence-electron chi connectivity index (χ0n) is 13.1. The summed E-state index contributed by atoms with van der Waals surface area (Å²) in [6.07, 6.45) is 4.66. The van der Waals surface area contributed by atoms with Crippen LogP contribution < -0.4 is 9.47 Å². The predicted molar refractivity (Wildman–Crippen MR) is 87.3 cm³/mol. The Morgan fingerprint density at radius 1 is 1.18 bits per heavy atom. The van der Waals surface area contributed by atoms with Crippen LogP contribution in [0.5, 0.6) is 11.5 Å². The summed E-state index contributed by atoms with van der Waals surface area (Å²) in [5.41, 5.74) is 1.08. The first-order valence-corrected chi connectivity index (χ1v) is 8.25.